The number of carbonyl (C=O) groups excluding carboxylic acids is 1. The summed E-state index contributed by atoms with van der Waals surface area (Å²) in [5.41, 5.74) is 1.20. The van der Waals surface area contributed by atoms with Crippen molar-refractivity contribution in [2.45, 2.75) is 31.7 Å². The molecule has 0 aromatic carbocycles. The summed E-state index contributed by atoms with van der Waals surface area (Å²) < 4.78 is 5.98. The molecule has 0 aliphatic carbocycles. The van der Waals surface area contributed by atoms with Gasteiger partial charge < -0.3 is 19.5 Å². The van der Waals surface area contributed by atoms with Gasteiger partial charge in [-0.3, -0.25) is 9.78 Å². The van der Waals surface area contributed by atoms with E-state index in [4.69, 9.17) is 4.42 Å². The van der Waals surface area contributed by atoms with Crippen LogP contribution >= 0.6 is 0 Å². The van der Waals surface area contributed by atoms with Crippen molar-refractivity contribution in [3.63, 3.8) is 0 Å². The molecule has 0 spiro atoms. The number of hydrogen-bond donors (Lipinski definition) is 1. The third kappa shape index (κ3) is 2.78. The summed E-state index contributed by atoms with van der Waals surface area (Å²) >= 11 is 0. The molecule has 2 aromatic rings. The van der Waals surface area contributed by atoms with E-state index in [0.29, 0.717) is 11.6 Å². The number of fused-ring (bicyclic) bond motifs is 4. The third-order valence-electron chi connectivity index (χ3n) is 6.01. The van der Waals surface area contributed by atoms with Crippen molar-refractivity contribution in [1.29, 1.82) is 0 Å². The van der Waals surface area contributed by atoms with Crippen molar-refractivity contribution < 1.29 is 9.21 Å². The second-order valence-electron chi connectivity index (χ2n) is 7.60. The summed E-state index contributed by atoms with van der Waals surface area (Å²) in [6.45, 7) is 5.40. The zero-order valence-corrected chi connectivity index (χ0v) is 14.4. The first-order chi connectivity index (χ1) is 12.3. The molecule has 0 saturated carbocycles. The van der Waals surface area contributed by atoms with Gasteiger partial charge in [0.2, 0.25) is 0 Å². The van der Waals surface area contributed by atoms with Gasteiger partial charge in [0.15, 0.2) is 5.88 Å². The maximum atomic E-state index is 12.7. The van der Waals surface area contributed by atoms with E-state index in [2.05, 4.69) is 20.1 Å². The lowest BCUT2D eigenvalue weighted by Gasteiger charge is -2.44. The fourth-order valence-corrected chi connectivity index (χ4v) is 4.51. The lowest BCUT2D eigenvalue weighted by Crippen LogP contribution is -2.57. The Morgan fingerprint density at radius 1 is 1.16 bits per heavy atom. The molecule has 6 nitrogen and oxygen atoms in total. The number of nitrogens with one attached hydrogen (secondary N) is 1. The van der Waals surface area contributed by atoms with Gasteiger partial charge in [0.05, 0.1) is 0 Å². The number of anilines is 1. The molecule has 6 heteroatoms. The highest BCUT2D eigenvalue weighted by molar-refractivity contribution is 5.95. The first-order valence-electron chi connectivity index (χ1n) is 9.44. The quantitative estimate of drug-likeness (QED) is 0.929. The molecule has 6 rings (SSSR count). The van der Waals surface area contributed by atoms with E-state index in [1.807, 2.05) is 6.07 Å². The van der Waals surface area contributed by atoms with Crippen molar-refractivity contribution >= 4 is 22.8 Å². The monoisotopic (exact) mass is 340 g/mol. The highest BCUT2D eigenvalue weighted by Crippen LogP contribution is 2.29. The van der Waals surface area contributed by atoms with Crippen molar-refractivity contribution in [1.82, 2.24) is 15.2 Å². The molecule has 1 amide bonds. The van der Waals surface area contributed by atoms with Crippen LogP contribution in [0.15, 0.2) is 22.7 Å². The minimum absolute atomic E-state index is 0.0835. The summed E-state index contributed by atoms with van der Waals surface area (Å²) in [6.07, 6.45) is 6.55. The van der Waals surface area contributed by atoms with Crippen molar-refractivity contribution in [2.24, 2.45) is 5.92 Å². The van der Waals surface area contributed by atoms with Crippen molar-refractivity contribution in [3.05, 3.63) is 24.0 Å². The molecule has 0 unspecified atom stereocenters. The van der Waals surface area contributed by atoms with E-state index in [0.717, 1.165) is 36.5 Å². The minimum Gasteiger partial charge on any atom is -0.440 e. The average Bonchev–Trinajstić information content (AvgIpc) is 3.31. The summed E-state index contributed by atoms with van der Waals surface area (Å²) in [4.78, 5) is 21.7. The summed E-state index contributed by atoms with van der Waals surface area (Å²) in [6, 6.07) is 4.07. The fraction of sp³-hybridized carbons (Fsp3) is 0.579. The van der Waals surface area contributed by atoms with E-state index < -0.39 is 0 Å². The second kappa shape index (κ2) is 6.02. The van der Waals surface area contributed by atoms with Gasteiger partial charge in [-0.25, -0.2) is 0 Å². The van der Waals surface area contributed by atoms with Crippen molar-refractivity contribution in [2.75, 3.05) is 37.6 Å². The zero-order valence-electron chi connectivity index (χ0n) is 14.4. The highest BCUT2D eigenvalue weighted by Gasteiger charge is 2.35. The first kappa shape index (κ1) is 15.2. The molecule has 1 N–H and O–H groups in total. The van der Waals surface area contributed by atoms with Gasteiger partial charge in [-0.2, -0.15) is 0 Å². The SMILES string of the molecule is O=C(N[C@H]1CN2CCC1CC2)c1cc2oc(N3CCCC3)cc2cn1. The van der Waals surface area contributed by atoms with Crippen molar-refractivity contribution in [3.8, 4) is 0 Å². The van der Waals surface area contributed by atoms with Gasteiger partial charge >= 0.3 is 0 Å². The largest absolute Gasteiger partial charge is 0.440 e. The van der Waals surface area contributed by atoms with E-state index >= 15 is 0 Å². The second-order valence-corrected chi connectivity index (χ2v) is 7.60. The van der Waals surface area contributed by atoms with Crippen LogP contribution in [0.2, 0.25) is 0 Å². The molecule has 4 aliphatic heterocycles. The Balaban J connectivity index is 1.34. The van der Waals surface area contributed by atoms with Gasteiger partial charge in [-0.15, -0.1) is 0 Å². The van der Waals surface area contributed by atoms with Crippen LogP contribution in [0.3, 0.4) is 0 Å². The Hall–Kier alpha value is -2.08. The van der Waals surface area contributed by atoms with Gasteiger partial charge in [0.25, 0.3) is 5.91 Å². The number of hydrogen-bond acceptors (Lipinski definition) is 5. The number of amides is 1. The maximum absolute atomic E-state index is 12.7. The van der Waals surface area contributed by atoms with Crippen LogP contribution < -0.4 is 10.2 Å². The van der Waals surface area contributed by atoms with Crippen LogP contribution in [-0.4, -0.2) is 54.6 Å². The topological polar surface area (TPSA) is 61.6 Å². The number of piperidine rings is 3. The first-order valence-corrected chi connectivity index (χ1v) is 9.44. The molecule has 4 aliphatic rings. The molecule has 2 aromatic heterocycles. The lowest BCUT2D eigenvalue weighted by molar-refractivity contribution is 0.0618. The Bertz CT molecular complexity index is 788. The minimum atomic E-state index is -0.0835. The van der Waals surface area contributed by atoms with Gasteiger partial charge in [0, 0.05) is 49.4 Å². The standard InChI is InChI=1S/C19H24N4O2/c24-19(21-16-12-22-7-3-13(16)4-8-22)15-10-17-14(11-20-15)9-18(25-17)23-5-1-2-6-23/h9-11,13,16H,1-8,12H2,(H,21,24)/t16-/m0/s1. The normalized spacial score (nSPS) is 28.6. The summed E-state index contributed by atoms with van der Waals surface area (Å²) in [5, 5.41) is 4.16. The van der Waals surface area contributed by atoms with Crippen LogP contribution in [-0.2, 0) is 0 Å². The molecular weight excluding hydrogens is 316 g/mol. The van der Waals surface area contributed by atoms with E-state index in [1.54, 1.807) is 12.3 Å². The predicted octanol–water partition coefficient (Wildman–Crippen LogP) is 2.25. The number of rotatable bonds is 3. The number of carbonyl (C=O) groups is 1. The zero-order chi connectivity index (χ0) is 16.8. The maximum Gasteiger partial charge on any atom is 0.270 e. The Morgan fingerprint density at radius 3 is 2.68 bits per heavy atom. The predicted molar refractivity (Wildman–Crippen MR) is 95.9 cm³/mol. The average molecular weight is 340 g/mol. The van der Waals surface area contributed by atoms with Crippen LogP contribution in [0.5, 0.6) is 0 Å². The fourth-order valence-electron chi connectivity index (χ4n) is 4.51. The molecule has 4 fully saturated rings. The molecule has 1 atom stereocenters. The van der Waals surface area contributed by atoms with Crippen LogP contribution in [0.25, 0.3) is 11.0 Å². The smallest absolute Gasteiger partial charge is 0.270 e. The highest BCUT2D eigenvalue weighted by atomic mass is 16.4. The van der Waals surface area contributed by atoms with Gasteiger partial charge in [-0.05, 0) is 44.7 Å². The third-order valence-corrected chi connectivity index (χ3v) is 6.01. The lowest BCUT2D eigenvalue weighted by atomic mass is 9.84. The van der Waals surface area contributed by atoms with Crippen LogP contribution in [0.4, 0.5) is 5.88 Å². The van der Waals surface area contributed by atoms with Gasteiger partial charge in [0.1, 0.15) is 11.3 Å². The molecular formula is C19H24N4O2. The number of pyridine rings is 1. The number of nitrogens with zero attached hydrogens (tertiary/aromatic N) is 3. The van der Waals surface area contributed by atoms with Gasteiger partial charge in [-0.1, -0.05) is 0 Å². The molecule has 2 bridgehead atoms. The number of furan rings is 1. The van der Waals surface area contributed by atoms with E-state index in [-0.39, 0.29) is 11.9 Å². The van der Waals surface area contributed by atoms with E-state index in [9.17, 15) is 4.79 Å². The summed E-state index contributed by atoms with van der Waals surface area (Å²) in [7, 11) is 0. The Labute approximate surface area is 147 Å². The molecule has 132 valence electrons. The molecule has 25 heavy (non-hydrogen) atoms. The number of aromatic nitrogens is 1. The van der Waals surface area contributed by atoms with E-state index in [1.165, 1.54) is 38.8 Å². The Kier molecular flexibility index (Phi) is 3.66. The molecule has 0 radical (unpaired) electrons. The van der Waals surface area contributed by atoms with Crippen LogP contribution in [0.1, 0.15) is 36.2 Å². The molecule has 4 saturated heterocycles. The Morgan fingerprint density at radius 2 is 1.96 bits per heavy atom. The molecule has 6 heterocycles. The summed E-state index contributed by atoms with van der Waals surface area (Å²) in [5.74, 6) is 1.42. The van der Waals surface area contributed by atoms with Crippen LogP contribution in [0, 0.1) is 5.92 Å².